The van der Waals surface area contributed by atoms with Crippen LogP contribution in [0, 0.1) is 0 Å². The van der Waals surface area contributed by atoms with Crippen LogP contribution in [0.3, 0.4) is 0 Å². The lowest BCUT2D eigenvalue weighted by atomic mass is 10.2. The Balaban J connectivity index is 1.49. The summed E-state index contributed by atoms with van der Waals surface area (Å²) in [6.07, 6.45) is 3.09. The van der Waals surface area contributed by atoms with Gasteiger partial charge in [-0.3, -0.25) is 10.1 Å². The second-order valence-corrected chi connectivity index (χ2v) is 6.48. The first-order valence-corrected chi connectivity index (χ1v) is 8.32. The number of anilines is 1. The molecule has 0 radical (unpaired) electrons. The number of halogens is 1. The fraction of sp³-hybridized carbons (Fsp3) is 0.0588. The van der Waals surface area contributed by atoms with Crippen molar-refractivity contribution in [2.75, 3.05) is 12.1 Å². The topological polar surface area (TPSA) is 60.5 Å². The van der Waals surface area contributed by atoms with Crippen LogP contribution in [-0.4, -0.2) is 17.7 Å². The number of para-hydroxylation sites is 1. The number of nitrogens with zero attached hydrogens (tertiary/aromatic N) is 1. The maximum atomic E-state index is 12.1. The number of hydrogen-bond acceptors (Lipinski definition) is 5. The molecule has 0 aliphatic carbocycles. The molecule has 4 rings (SSSR count). The maximum Gasteiger partial charge on any atom is 0.250 e. The lowest BCUT2D eigenvalue weighted by Crippen LogP contribution is -2.07. The first-order chi connectivity index (χ1) is 11.7. The van der Waals surface area contributed by atoms with Crippen LogP contribution in [0.1, 0.15) is 5.56 Å². The zero-order chi connectivity index (χ0) is 16.5. The van der Waals surface area contributed by atoms with Gasteiger partial charge in [-0.15, -0.1) is 0 Å². The highest BCUT2D eigenvalue weighted by atomic mass is 35.5. The molecule has 24 heavy (non-hydrogen) atoms. The number of rotatable bonds is 3. The molecule has 5 nitrogen and oxygen atoms in total. The zero-order valence-corrected chi connectivity index (χ0v) is 13.9. The second kappa shape index (κ2) is 6.14. The fourth-order valence-corrected chi connectivity index (χ4v) is 3.47. The van der Waals surface area contributed by atoms with Gasteiger partial charge in [-0.1, -0.05) is 35.1 Å². The van der Waals surface area contributed by atoms with Crippen LogP contribution >= 0.6 is 22.9 Å². The van der Waals surface area contributed by atoms with Crippen molar-refractivity contribution in [3.8, 4) is 11.5 Å². The predicted octanol–water partition coefficient (Wildman–Crippen LogP) is 4.33. The molecule has 0 saturated heterocycles. The van der Waals surface area contributed by atoms with E-state index in [0.29, 0.717) is 21.7 Å². The number of carbonyl (C=O) groups excluding carboxylic acids is 1. The number of carbonyl (C=O) groups is 1. The van der Waals surface area contributed by atoms with Gasteiger partial charge in [0, 0.05) is 6.08 Å². The number of fused-ring (bicyclic) bond motifs is 2. The fourth-order valence-electron chi connectivity index (χ4n) is 2.33. The maximum absolute atomic E-state index is 12.1. The van der Waals surface area contributed by atoms with E-state index in [9.17, 15) is 4.79 Å². The molecule has 1 aliphatic heterocycles. The van der Waals surface area contributed by atoms with Crippen molar-refractivity contribution in [1.82, 2.24) is 4.98 Å². The van der Waals surface area contributed by atoms with Crippen molar-refractivity contribution in [2.45, 2.75) is 0 Å². The van der Waals surface area contributed by atoms with E-state index in [4.69, 9.17) is 21.1 Å². The molecule has 3 aromatic rings. The molecule has 120 valence electrons. The molecule has 0 atom stereocenters. The molecule has 0 saturated carbocycles. The zero-order valence-electron chi connectivity index (χ0n) is 12.3. The normalized spacial score (nSPS) is 12.9. The van der Waals surface area contributed by atoms with Crippen LogP contribution in [0.4, 0.5) is 5.13 Å². The molecule has 7 heteroatoms. The summed E-state index contributed by atoms with van der Waals surface area (Å²) in [5, 5.41) is 3.78. The van der Waals surface area contributed by atoms with Gasteiger partial charge in [-0.05, 0) is 35.9 Å². The second-order valence-electron chi connectivity index (χ2n) is 5.05. The molecule has 2 aromatic carbocycles. The van der Waals surface area contributed by atoms with Crippen molar-refractivity contribution >= 4 is 50.3 Å². The molecular weight excluding hydrogens is 348 g/mol. The lowest BCUT2D eigenvalue weighted by Gasteiger charge is -2.01. The molecule has 0 unspecified atom stereocenters. The molecule has 0 fully saturated rings. The third kappa shape index (κ3) is 2.93. The van der Waals surface area contributed by atoms with E-state index in [1.807, 2.05) is 24.3 Å². The minimum atomic E-state index is -0.261. The van der Waals surface area contributed by atoms with Crippen LogP contribution in [0.5, 0.6) is 11.5 Å². The van der Waals surface area contributed by atoms with E-state index >= 15 is 0 Å². The monoisotopic (exact) mass is 358 g/mol. The van der Waals surface area contributed by atoms with E-state index in [2.05, 4.69) is 10.3 Å². The summed E-state index contributed by atoms with van der Waals surface area (Å²) in [6, 6.07) is 11.2. The summed E-state index contributed by atoms with van der Waals surface area (Å²) in [4.78, 5) is 16.4. The molecule has 0 bridgehead atoms. The van der Waals surface area contributed by atoms with E-state index in [1.165, 1.54) is 17.4 Å². The van der Waals surface area contributed by atoms with E-state index in [0.717, 1.165) is 15.8 Å². The standard InChI is InChI=1S/C17H11ClN2O3S/c18-11-7-10(8-13-16(11)23-9-22-13)5-6-15(21)20-17-19-12-3-1-2-4-14(12)24-17/h1-8H,9H2,(H,19,20,21)/b6-5+. The van der Waals surface area contributed by atoms with Crippen LogP contribution in [-0.2, 0) is 4.79 Å². The van der Waals surface area contributed by atoms with Gasteiger partial charge in [0.05, 0.1) is 15.2 Å². The van der Waals surface area contributed by atoms with E-state index in [1.54, 1.807) is 18.2 Å². The first-order valence-electron chi connectivity index (χ1n) is 7.13. The highest BCUT2D eigenvalue weighted by molar-refractivity contribution is 7.22. The highest BCUT2D eigenvalue weighted by Gasteiger charge is 2.17. The predicted molar refractivity (Wildman–Crippen MR) is 94.9 cm³/mol. The van der Waals surface area contributed by atoms with Crippen LogP contribution in [0.15, 0.2) is 42.5 Å². The largest absolute Gasteiger partial charge is 0.454 e. The molecule has 1 aliphatic rings. The number of amides is 1. The van der Waals surface area contributed by atoms with Crippen molar-refractivity contribution in [3.05, 3.63) is 53.1 Å². The van der Waals surface area contributed by atoms with Crippen LogP contribution in [0.2, 0.25) is 5.02 Å². The minimum Gasteiger partial charge on any atom is -0.454 e. The lowest BCUT2D eigenvalue weighted by molar-refractivity contribution is -0.111. The number of ether oxygens (including phenoxy) is 2. The highest BCUT2D eigenvalue weighted by Crippen LogP contribution is 2.40. The van der Waals surface area contributed by atoms with E-state index < -0.39 is 0 Å². The Morgan fingerprint density at radius 2 is 2.17 bits per heavy atom. The van der Waals surface area contributed by atoms with Gasteiger partial charge in [0.1, 0.15) is 0 Å². The van der Waals surface area contributed by atoms with Crippen molar-refractivity contribution in [2.24, 2.45) is 0 Å². The quantitative estimate of drug-likeness (QED) is 0.708. The molecule has 1 aromatic heterocycles. The summed E-state index contributed by atoms with van der Waals surface area (Å²) < 4.78 is 11.6. The summed E-state index contributed by atoms with van der Waals surface area (Å²) in [7, 11) is 0. The molecule has 1 amide bonds. The number of nitrogens with one attached hydrogen (secondary N) is 1. The average Bonchev–Trinajstić information content (AvgIpc) is 3.18. The van der Waals surface area contributed by atoms with Crippen LogP contribution < -0.4 is 14.8 Å². The van der Waals surface area contributed by atoms with Crippen LogP contribution in [0.25, 0.3) is 16.3 Å². The van der Waals surface area contributed by atoms with Gasteiger partial charge in [-0.25, -0.2) is 4.98 Å². The average molecular weight is 359 g/mol. The number of thiazole rings is 1. The minimum absolute atomic E-state index is 0.153. The number of aromatic nitrogens is 1. The van der Waals surface area contributed by atoms with Crippen molar-refractivity contribution in [1.29, 1.82) is 0 Å². The summed E-state index contributed by atoms with van der Waals surface area (Å²) >= 11 is 7.55. The third-order valence-corrected chi connectivity index (χ3v) is 4.63. The Bertz CT molecular complexity index is 935. The van der Waals surface area contributed by atoms with Gasteiger partial charge in [0.25, 0.3) is 0 Å². The Labute approximate surface area is 146 Å². The van der Waals surface area contributed by atoms with E-state index in [-0.39, 0.29) is 12.7 Å². The SMILES string of the molecule is O=C(/C=C/c1cc(Cl)c2c(c1)OCO2)Nc1nc2ccccc2s1. The Morgan fingerprint density at radius 1 is 1.29 bits per heavy atom. The van der Waals surface area contributed by atoms with Gasteiger partial charge in [-0.2, -0.15) is 0 Å². The summed E-state index contributed by atoms with van der Waals surface area (Å²) in [5.41, 5.74) is 1.62. The smallest absolute Gasteiger partial charge is 0.250 e. The molecule has 2 heterocycles. The third-order valence-electron chi connectivity index (χ3n) is 3.40. The van der Waals surface area contributed by atoms with Gasteiger partial charge >= 0.3 is 0 Å². The van der Waals surface area contributed by atoms with Gasteiger partial charge in [0.2, 0.25) is 12.7 Å². The summed E-state index contributed by atoms with van der Waals surface area (Å²) in [6.45, 7) is 0.153. The molecular formula is C17H11ClN2O3S. The Kier molecular flexibility index (Phi) is 3.84. The Morgan fingerprint density at radius 3 is 3.04 bits per heavy atom. The van der Waals surface area contributed by atoms with Gasteiger partial charge < -0.3 is 9.47 Å². The molecule has 0 spiro atoms. The Hall–Kier alpha value is -2.57. The van der Waals surface area contributed by atoms with Gasteiger partial charge in [0.15, 0.2) is 16.6 Å². The molecule has 1 N–H and O–H groups in total. The van der Waals surface area contributed by atoms with Crippen molar-refractivity contribution < 1.29 is 14.3 Å². The number of hydrogen-bond donors (Lipinski definition) is 1. The first kappa shape index (κ1) is 15.0. The van der Waals surface area contributed by atoms with Crippen molar-refractivity contribution in [3.63, 3.8) is 0 Å². The summed E-state index contributed by atoms with van der Waals surface area (Å²) in [5.74, 6) is 0.851. The number of benzene rings is 2.